The number of aliphatic imine (C=N–C) groups is 1. The summed E-state index contributed by atoms with van der Waals surface area (Å²) in [6.07, 6.45) is 0. The predicted octanol–water partition coefficient (Wildman–Crippen LogP) is 0.359. The van der Waals surface area contributed by atoms with Gasteiger partial charge in [-0.15, -0.1) is 0 Å². The lowest BCUT2D eigenvalue weighted by molar-refractivity contribution is 0.232. The van der Waals surface area contributed by atoms with Crippen LogP contribution in [-0.2, 0) is 0 Å². The van der Waals surface area contributed by atoms with Gasteiger partial charge >= 0.3 is 0 Å². The maximum Gasteiger partial charge on any atom is 0.212 e. The molecule has 0 atom stereocenters. The number of para-hydroxylation sites is 1. The molecule has 0 aliphatic heterocycles. The summed E-state index contributed by atoms with van der Waals surface area (Å²) in [4.78, 5) is 3.77. The van der Waals surface area contributed by atoms with Crippen molar-refractivity contribution in [3.63, 3.8) is 0 Å². The van der Waals surface area contributed by atoms with Gasteiger partial charge in [-0.2, -0.15) is 0 Å². The Hall–Kier alpha value is -1.75. The van der Waals surface area contributed by atoms with Gasteiger partial charge in [-0.05, 0) is 12.1 Å². The minimum atomic E-state index is -0.0124. The van der Waals surface area contributed by atoms with Gasteiger partial charge in [0.15, 0.2) is 0 Å². The van der Waals surface area contributed by atoms with E-state index >= 15 is 0 Å². The predicted molar refractivity (Wildman–Crippen MR) is 53.3 cm³/mol. The monoisotopic (exact) mass is 195 g/mol. The van der Waals surface area contributed by atoms with Crippen molar-refractivity contribution in [1.82, 2.24) is 5.48 Å². The molecular formula is C9H13N3O2. The molecule has 1 aromatic rings. The standard InChI is InChI=1S/C9H13N3O2/c10-9(12-13)11-6-7-14-8-4-2-1-3-5-8/h1-5,13H,6-7H2,(H3,10,11,12). The summed E-state index contributed by atoms with van der Waals surface area (Å²) in [7, 11) is 0. The summed E-state index contributed by atoms with van der Waals surface area (Å²) in [6.45, 7) is 0.820. The van der Waals surface area contributed by atoms with Gasteiger partial charge in [0, 0.05) is 0 Å². The minimum Gasteiger partial charge on any atom is -0.492 e. The van der Waals surface area contributed by atoms with E-state index in [9.17, 15) is 0 Å². The van der Waals surface area contributed by atoms with Gasteiger partial charge < -0.3 is 10.5 Å². The zero-order valence-electron chi connectivity index (χ0n) is 7.68. The van der Waals surface area contributed by atoms with Crippen molar-refractivity contribution < 1.29 is 9.94 Å². The number of guanidine groups is 1. The molecule has 5 nitrogen and oxygen atoms in total. The molecule has 76 valence electrons. The van der Waals surface area contributed by atoms with E-state index in [4.69, 9.17) is 15.7 Å². The van der Waals surface area contributed by atoms with Gasteiger partial charge in [0.05, 0.1) is 6.54 Å². The van der Waals surface area contributed by atoms with E-state index in [1.807, 2.05) is 30.3 Å². The third kappa shape index (κ3) is 3.77. The number of hydroxylamine groups is 1. The Morgan fingerprint density at radius 2 is 2.14 bits per heavy atom. The summed E-state index contributed by atoms with van der Waals surface area (Å²) in [5.41, 5.74) is 6.92. The lowest BCUT2D eigenvalue weighted by atomic mass is 10.3. The summed E-state index contributed by atoms with van der Waals surface area (Å²) < 4.78 is 5.33. The molecule has 0 fully saturated rings. The zero-order chi connectivity index (χ0) is 10.2. The lowest BCUT2D eigenvalue weighted by Crippen LogP contribution is -2.29. The van der Waals surface area contributed by atoms with Crippen LogP contribution >= 0.6 is 0 Å². The second-order valence-electron chi connectivity index (χ2n) is 2.54. The van der Waals surface area contributed by atoms with E-state index < -0.39 is 0 Å². The first-order chi connectivity index (χ1) is 6.83. The van der Waals surface area contributed by atoms with E-state index in [1.54, 1.807) is 5.48 Å². The Bertz CT molecular complexity index is 287. The first kappa shape index (κ1) is 10.3. The largest absolute Gasteiger partial charge is 0.492 e. The van der Waals surface area contributed by atoms with Crippen LogP contribution in [0.15, 0.2) is 35.3 Å². The van der Waals surface area contributed by atoms with Crippen molar-refractivity contribution in [3.05, 3.63) is 30.3 Å². The number of rotatable bonds is 4. The van der Waals surface area contributed by atoms with Crippen LogP contribution < -0.4 is 16.0 Å². The SMILES string of the molecule is NC(=NCCOc1ccccc1)NO. The number of hydrogen-bond acceptors (Lipinski definition) is 3. The summed E-state index contributed by atoms with van der Waals surface area (Å²) in [5.74, 6) is 0.778. The molecule has 0 bridgehead atoms. The van der Waals surface area contributed by atoms with E-state index in [2.05, 4.69) is 4.99 Å². The molecular weight excluding hydrogens is 182 g/mol. The average molecular weight is 195 g/mol. The molecule has 0 aromatic heterocycles. The Morgan fingerprint density at radius 1 is 1.43 bits per heavy atom. The third-order valence-electron chi connectivity index (χ3n) is 1.50. The quantitative estimate of drug-likeness (QED) is 0.280. The Morgan fingerprint density at radius 3 is 2.79 bits per heavy atom. The molecule has 0 amide bonds. The number of nitrogens with two attached hydrogens (primary N) is 1. The van der Waals surface area contributed by atoms with Crippen molar-refractivity contribution in [2.45, 2.75) is 0 Å². The highest BCUT2D eigenvalue weighted by atomic mass is 16.5. The van der Waals surface area contributed by atoms with Gasteiger partial charge in [0.2, 0.25) is 5.96 Å². The van der Waals surface area contributed by atoms with Gasteiger partial charge in [0.1, 0.15) is 12.4 Å². The summed E-state index contributed by atoms with van der Waals surface area (Å²) in [5, 5.41) is 8.30. The molecule has 5 heteroatoms. The third-order valence-corrected chi connectivity index (χ3v) is 1.50. The zero-order valence-corrected chi connectivity index (χ0v) is 7.68. The van der Waals surface area contributed by atoms with Crippen LogP contribution in [0.5, 0.6) is 5.75 Å². The van der Waals surface area contributed by atoms with Crippen LogP contribution in [0.2, 0.25) is 0 Å². The number of benzene rings is 1. The molecule has 14 heavy (non-hydrogen) atoms. The van der Waals surface area contributed by atoms with Crippen LogP contribution in [0.3, 0.4) is 0 Å². The second kappa shape index (κ2) is 5.82. The van der Waals surface area contributed by atoms with Crippen molar-refractivity contribution >= 4 is 5.96 Å². The smallest absolute Gasteiger partial charge is 0.212 e. The Labute approximate surface area is 82.2 Å². The molecule has 0 saturated heterocycles. The highest BCUT2D eigenvalue weighted by Gasteiger charge is 1.90. The number of ether oxygens (including phenoxy) is 1. The second-order valence-corrected chi connectivity index (χ2v) is 2.54. The fraction of sp³-hybridized carbons (Fsp3) is 0.222. The molecule has 0 heterocycles. The molecule has 0 aliphatic rings. The van der Waals surface area contributed by atoms with E-state index in [0.717, 1.165) is 5.75 Å². The molecule has 1 aromatic carbocycles. The number of nitrogens with one attached hydrogen (secondary N) is 1. The van der Waals surface area contributed by atoms with Crippen molar-refractivity contribution in [3.8, 4) is 5.75 Å². The van der Waals surface area contributed by atoms with Crippen LogP contribution in [0.4, 0.5) is 0 Å². The first-order valence-corrected chi connectivity index (χ1v) is 4.21. The fourth-order valence-corrected chi connectivity index (χ4v) is 0.882. The van der Waals surface area contributed by atoms with E-state index in [1.165, 1.54) is 0 Å². The molecule has 0 spiro atoms. The number of nitrogens with zero attached hydrogens (tertiary/aromatic N) is 1. The minimum absolute atomic E-state index is 0.0124. The van der Waals surface area contributed by atoms with Gasteiger partial charge in [-0.1, -0.05) is 18.2 Å². The normalized spacial score (nSPS) is 11.1. The van der Waals surface area contributed by atoms with Crippen molar-refractivity contribution in [1.29, 1.82) is 0 Å². The summed E-state index contributed by atoms with van der Waals surface area (Å²) >= 11 is 0. The highest BCUT2D eigenvalue weighted by Crippen LogP contribution is 2.07. The topological polar surface area (TPSA) is 79.9 Å². The molecule has 0 aliphatic carbocycles. The number of hydrogen-bond donors (Lipinski definition) is 3. The first-order valence-electron chi connectivity index (χ1n) is 4.21. The Kier molecular flexibility index (Phi) is 4.30. The molecule has 4 N–H and O–H groups in total. The lowest BCUT2D eigenvalue weighted by Gasteiger charge is -2.03. The van der Waals surface area contributed by atoms with Crippen LogP contribution in [0.25, 0.3) is 0 Å². The van der Waals surface area contributed by atoms with Gasteiger partial charge in [-0.3, -0.25) is 5.21 Å². The van der Waals surface area contributed by atoms with Crippen molar-refractivity contribution in [2.24, 2.45) is 10.7 Å². The highest BCUT2D eigenvalue weighted by molar-refractivity contribution is 5.76. The van der Waals surface area contributed by atoms with E-state index in [-0.39, 0.29) is 5.96 Å². The van der Waals surface area contributed by atoms with Gasteiger partial charge in [0.25, 0.3) is 0 Å². The van der Waals surface area contributed by atoms with E-state index in [0.29, 0.717) is 13.2 Å². The Balaban J connectivity index is 2.23. The van der Waals surface area contributed by atoms with Crippen LogP contribution in [0.1, 0.15) is 0 Å². The molecule has 0 unspecified atom stereocenters. The summed E-state index contributed by atoms with van der Waals surface area (Å²) in [6, 6.07) is 9.41. The van der Waals surface area contributed by atoms with Crippen LogP contribution in [0, 0.1) is 0 Å². The molecule has 0 radical (unpaired) electrons. The fourth-order valence-electron chi connectivity index (χ4n) is 0.882. The van der Waals surface area contributed by atoms with Crippen molar-refractivity contribution in [2.75, 3.05) is 13.2 Å². The molecule has 0 saturated carbocycles. The maximum atomic E-state index is 8.30. The molecule has 1 rings (SSSR count). The van der Waals surface area contributed by atoms with Crippen LogP contribution in [-0.4, -0.2) is 24.3 Å². The average Bonchev–Trinajstić information content (AvgIpc) is 2.25. The maximum absolute atomic E-state index is 8.30. The van der Waals surface area contributed by atoms with Gasteiger partial charge in [-0.25, -0.2) is 10.5 Å².